The molecule has 0 aliphatic rings. The van der Waals surface area contributed by atoms with E-state index >= 15 is 4.39 Å². The Balaban J connectivity index is 1.41. The number of aryl methyl sites for hydroxylation is 1. The second-order valence-electron chi connectivity index (χ2n) is 8.02. The molecule has 0 saturated carbocycles. The van der Waals surface area contributed by atoms with Crippen LogP contribution in [0.1, 0.15) is 5.69 Å². The highest BCUT2D eigenvalue weighted by molar-refractivity contribution is 5.98. The topological polar surface area (TPSA) is 113 Å². The lowest BCUT2D eigenvalue weighted by Crippen LogP contribution is -2.05. The highest BCUT2D eigenvalue weighted by Gasteiger charge is 2.20. The average Bonchev–Trinajstić information content (AvgIpc) is 3.42. The summed E-state index contributed by atoms with van der Waals surface area (Å²) < 4.78 is 44.2. The second kappa shape index (κ2) is 9.62. The quantitative estimate of drug-likeness (QED) is 0.336. The number of halogens is 2. The summed E-state index contributed by atoms with van der Waals surface area (Å²) in [7, 11) is 1.89. The summed E-state index contributed by atoms with van der Waals surface area (Å²) in [6.07, 6.45) is 3.17. The van der Waals surface area contributed by atoms with Gasteiger partial charge in [-0.3, -0.25) is 0 Å². The van der Waals surface area contributed by atoms with Crippen molar-refractivity contribution in [1.82, 2.24) is 24.3 Å². The number of aliphatic hydroxyl groups is 1. The minimum absolute atomic E-state index is 0.140. The van der Waals surface area contributed by atoms with Gasteiger partial charge >= 0.3 is 0 Å². The van der Waals surface area contributed by atoms with Gasteiger partial charge in [0.25, 0.3) is 0 Å². The van der Waals surface area contributed by atoms with Crippen LogP contribution in [0, 0.1) is 11.6 Å². The number of nitrogen functional groups attached to an aromatic ring is 1. The van der Waals surface area contributed by atoms with E-state index in [1.807, 2.05) is 29.9 Å². The van der Waals surface area contributed by atoms with Crippen LogP contribution in [0.25, 0.3) is 22.3 Å². The predicted octanol–water partition coefficient (Wildman–Crippen LogP) is 4.06. The van der Waals surface area contributed by atoms with Crippen LogP contribution in [0.3, 0.4) is 0 Å². The van der Waals surface area contributed by atoms with E-state index < -0.39 is 11.6 Å². The fourth-order valence-electron chi connectivity index (χ4n) is 3.84. The smallest absolute Gasteiger partial charge is 0.164 e. The number of ether oxygens (including phenoxy) is 2. The van der Waals surface area contributed by atoms with Crippen molar-refractivity contribution in [2.24, 2.45) is 7.05 Å². The molecule has 0 spiro atoms. The molecule has 5 aromatic rings. The summed E-state index contributed by atoms with van der Waals surface area (Å²) >= 11 is 0. The average molecular weight is 492 g/mol. The number of benzene rings is 2. The van der Waals surface area contributed by atoms with Gasteiger partial charge in [0, 0.05) is 43.1 Å². The summed E-state index contributed by atoms with van der Waals surface area (Å²) in [5.74, 6) is -0.468. The first-order chi connectivity index (χ1) is 17.4. The summed E-state index contributed by atoms with van der Waals surface area (Å²) in [5, 5.41) is 14.1. The van der Waals surface area contributed by atoms with Crippen LogP contribution in [0.2, 0.25) is 0 Å². The van der Waals surface area contributed by atoms with Gasteiger partial charge in [0.1, 0.15) is 53.3 Å². The lowest BCUT2D eigenvalue weighted by atomic mass is 10.1. The van der Waals surface area contributed by atoms with Crippen LogP contribution in [0.15, 0.2) is 61.1 Å². The third kappa shape index (κ3) is 4.56. The molecule has 36 heavy (non-hydrogen) atoms. The SMILES string of the molecule is Cn1cccc1COc1cc(F)cc(Oc2ccc(-c3nn(CCO)c4ncnc(N)c34)c(F)c2)c1. The number of nitrogens with zero attached hydrogens (tertiary/aromatic N) is 5. The van der Waals surface area contributed by atoms with E-state index in [1.165, 1.54) is 47.4 Å². The molecular weight excluding hydrogens is 470 g/mol. The molecule has 9 nitrogen and oxygen atoms in total. The molecule has 0 aliphatic heterocycles. The molecule has 5 rings (SSSR count). The van der Waals surface area contributed by atoms with Crippen LogP contribution >= 0.6 is 0 Å². The van der Waals surface area contributed by atoms with Crippen LogP contribution in [0.4, 0.5) is 14.6 Å². The molecule has 11 heteroatoms. The fraction of sp³-hybridized carbons (Fsp3) is 0.160. The molecule has 3 heterocycles. The van der Waals surface area contributed by atoms with E-state index in [0.29, 0.717) is 11.0 Å². The molecule has 0 fully saturated rings. The summed E-state index contributed by atoms with van der Waals surface area (Å²) in [6.45, 7) is 0.225. The Labute approximate surface area is 204 Å². The maximum atomic E-state index is 15.2. The number of nitrogens with two attached hydrogens (primary N) is 1. The van der Waals surface area contributed by atoms with Crippen molar-refractivity contribution in [3.8, 4) is 28.5 Å². The van der Waals surface area contributed by atoms with Gasteiger partial charge in [-0.25, -0.2) is 23.4 Å². The first-order valence-corrected chi connectivity index (χ1v) is 11.0. The van der Waals surface area contributed by atoms with E-state index in [2.05, 4.69) is 15.1 Å². The van der Waals surface area contributed by atoms with Gasteiger partial charge in [-0.2, -0.15) is 5.10 Å². The van der Waals surface area contributed by atoms with Gasteiger partial charge in [-0.1, -0.05) is 0 Å². The van der Waals surface area contributed by atoms with Gasteiger partial charge in [0.2, 0.25) is 0 Å². The van der Waals surface area contributed by atoms with Crippen LogP contribution in [-0.4, -0.2) is 36.0 Å². The normalized spacial score (nSPS) is 11.2. The Kier molecular flexibility index (Phi) is 6.21. The predicted molar refractivity (Wildman–Crippen MR) is 128 cm³/mol. The molecular formula is C25H22F2N6O3. The van der Waals surface area contributed by atoms with E-state index in [4.69, 9.17) is 15.2 Å². The zero-order valence-corrected chi connectivity index (χ0v) is 19.2. The highest BCUT2D eigenvalue weighted by atomic mass is 19.1. The highest BCUT2D eigenvalue weighted by Crippen LogP contribution is 2.34. The summed E-state index contributed by atoms with van der Waals surface area (Å²) in [4.78, 5) is 8.14. The largest absolute Gasteiger partial charge is 0.487 e. The fourth-order valence-corrected chi connectivity index (χ4v) is 3.84. The van der Waals surface area contributed by atoms with Crippen molar-refractivity contribution in [2.75, 3.05) is 12.3 Å². The van der Waals surface area contributed by atoms with Crippen LogP contribution in [-0.2, 0) is 20.2 Å². The number of aliphatic hydroxyl groups excluding tert-OH is 1. The number of hydrogen-bond donors (Lipinski definition) is 2. The molecule has 0 unspecified atom stereocenters. The molecule has 3 N–H and O–H groups in total. The molecule has 2 aromatic carbocycles. The molecule has 3 aromatic heterocycles. The number of rotatable bonds is 8. The molecule has 0 amide bonds. The second-order valence-corrected chi connectivity index (χ2v) is 8.02. The molecule has 0 saturated heterocycles. The zero-order chi connectivity index (χ0) is 25.2. The molecule has 0 atom stereocenters. The van der Waals surface area contributed by atoms with Crippen molar-refractivity contribution in [1.29, 1.82) is 0 Å². The maximum Gasteiger partial charge on any atom is 0.164 e. The third-order valence-corrected chi connectivity index (χ3v) is 5.58. The van der Waals surface area contributed by atoms with Crippen molar-refractivity contribution < 1.29 is 23.4 Å². The molecule has 0 bridgehead atoms. The van der Waals surface area contributed by atoms with Crippen LogP contribution < -0.4 is 15.2 Å². The Morgan fingerprint density at radius 3 is 2.61 bits per heavy atom. The van der Waals surface area contributed by atoms with Crippen molar-refractivity contribution in [3.05, 3.63) is 78.4 Å². The summed E-state index contributed by atoms with van der Waals surface area (Å²) in [5.41, 5.74) is 7.70. The van der Waals surface area contributed by atoms with Crippen molar-refractivity contribution >= 4 is 16.9 Å². The Hall–Kier alpha value is -4.51. The minimum Gasteiger partial charge on any atom is -0.487 e. The van der Waals surface area contributed by atoms with E-state index in [1.54, 1.807) is 0 Å². The zero-order valence-electron chi connectivity index (χ0n) is 19.2. The number of aromatic nitrogens is 5. The molecule has 184 valence electrons. The van der Waals surface area contributed by atoms with Crippen molar-refractivity contribution in [2.45, 2.75) is 13.2 Å². The van der Waals surface area contributed by atoms with Gasteiger partial charge in [-0.05, 0) is 24.3 Å². The Morgan fingerprint density at radius 1 is 1.03 bits per heavy atom. The minimum atomic E-state index is -0.636. The van der Waals surface area contributed by atoms with Crippen LogP contribution in [0.5, 0.6) is 17.2 Å². The van der Waals surface area contributed by atoms with Gasteiger partial charge in [-0.15, -0.1) is 0 Å². The van der Waals surface area contributed by atoms with Gasteiger partial charge in [0.15, 0.2) is 5.65 Å². The number of fused-ring (bicyclic) bond motifs is 1. The van der Waals surface area contributed by atoms with E-state index in [0.717, 1.165) is 5.69 Å². The van der Waals surface area contributed by atoms with E-state index in [9.17, 15) is 9.50 Å². The third-order valence-electron chi connectivity index (χ3n) is 5.58. The Morgan fingerprint density at radius 2 is 1.86 bits per heavy atom. The number of anilines is 1. The number of hydrogen-bond acceptors (Lipinski definition) is 7. The monoisotopic (exact) mass is 492 g/mol. The van der Waals surface area contributed by atoms with E-state index in [-0.39, 0.29) is 54.1 Å². The van der Waals surface area contributed by atoms with Crippen molar-refractivity contribution in [3.63, 3.8) is 0 Å². The molecule has 0 radical (unpaired) electrons. The standard InChI is InChI=1S/C25H22F2N6O3/c1-32-6-2-3-16(32)13-35-18-9-15(26)10-19(11-18)36-17-4-5-20(21(27)12-17)23-22-24(28)29-14-30-25(22)33(31-23)7-8-34/h2-6,9-12,14,34H,7-8,13H2,1H3,(H2,28,29,30). The van der Waals surface area contributed by atoms with Gasteiger partial charge in [0.05, 0.1) is 24.2 Å². The lowest BCUT2D eigenvalue weighted by molar-refractivity contribution is 0.271. The first-order valence-electron chi connectivity index (χ1n) is 11.0. The van der Waals surface area contributed by atoms with Gasteiger partial charge < -0.3 is 24.9 Å². The lowest BCUT2D eigenvalue weighted by Gasteiger charge is -2.11. The Bertz CT molecular complexity index is 1550. The summed E-state index contributed by atoms with van der Waals surface area (Å²) in [6, 6.07) is 11.9. The maximum absolute atomic E-state index is 15.2. The first kappa shape index (κ1) is 23.2. The molecule has 0 aliphatic carbocycles.